The second kappa shape index (κ2) is 12.0. The van der Waals surface area contributed by atoms with Gasteiger partial charge in [-0.3, -0.25) is 9.69 Å². The molecule has 1 aromatic carbocycles. The van der Waals surface area contributed by atoms with Crippen LogP contribution in [0.5, 0.6) is 5.88 Å². The number of pyridine rings is 1. The van der Waals surface area contributed by atoms with Crippen molar-refractivity contribution in [1.29, 1.82) is 0 Å². The molecule has 0 atom stereocenters. The van der Waals surface area contributed by atoms with Crippen LogP contribution in [0.15, 0.2) is 61.6 Å². The number of benzene rings is 1. The minimum absolute atomic E-state index is 0.274. The molecule has 0 saturated carbocycles. The Balaban J connectivity index is 1.63. The van der Waals surface area contributed by atoms with Crippen LogP contribution in [0.25, 0.3) is 22.2 Å². The highest BCUT2D eigenvalue weighted by molar-refractivity contribution is 6.33. The maximum atomic E-state index is 12.2. The number of para-hydroxylation sites is 1. The summed E-state index contributed by atoms with van der Waals surface area (Å²) in [6, 6.07) is 9.77. The van der Waals surface area contributed by atoms with E-state index in [9.17, 15) is 4.79 Å². The van der Waals surface area contributed by atoms with Crippen molar-refractivity contribution in [3.05, 3.63) is 66.6 Å². The molecular weight excluding hydrogens is 528 g/mol. The average Bonchev–Trinajstić information content (AvgIpc) is 3.25. The Morgan fingerprint density at radius 2 is 1.93 bits per heavy atom. The number of nitrogens with one attached hydrogen (secondary N) is 2. The molecule has 4 rings (SSSR count). The summed E-state index contributed by atoms with van der Waals surface area (Å²) in [5.74, 6) is 0.215. The van der Waals surface area contributed by atoms with Crippen molar-refractivity contribution >= 4 is 45.7 Å². The van der Waals surface area contributed by atoms with Crippen LogP contribution in [-0.2, 0) is 11.8 Å². The Hall–Kier alpha value is -3.99. The summed E-state index contributed by atoms with van der Waals surface area (Å²) in [5, 5.41) is 7.43. The van der Waals surface area contributed by atoms with Crippen LogP contribution in [0.2, 0.25) is 5.02 Å². The third-order valence-electron chi connectivity index (χ3n) is 6.60. The lowest BCUT2D eigenvalue weighted by Gasteiger charge is -2.36. The van der Waals surface area contributed by atoms with Crippen molar-refractivity contribution in [1.82, 2.24) is 29.3 Å². The summed E-state index contributed by atoms with van der Waals surface area (Å²) < 4.78 is 8.32. The molecule has 2 N–H and O–H groups in total. The zero-order valence-electron chi connectivity index (χ0n) is 23.7. The number of halogens is 1. The first kappa shape index (κ1) is 29.0. The number of amides is 1. The van der Waals surface area contributed by atoms with E-state index in [2.05, 4.69) is 37.0 Å². The molecule has 0 aliphatic carbocycles. The molecule has 0 saturated heterocycles. The number of fused-ring (bicyclic) bond motifs is 1. The van der Waals surface area contributed by atoms with E-state index < -0.39 is 5.72 Å². The Morgan fingerprint density at radius 3 is 2.65 bits per heavy atom. The Labute approximate surface area is 239 Å². The molecule has 0 fully saturated rings. The highest BCUT2D eigenvalue weighted by Gasteiger charge is 2.28. The van der Waals surface area contributed by atoms with Crippen molar-refractivity contribution in [2.45, 2.75) is 19.6 Å². The largest absolute Gasteiger partial charge is 0.455 e. The van der Waals surface area contributed by atoms with Crippen LogP contribution in [0.4, 0.5) is 17.3 Å². The predicted molar refractivity (Wildman–Crippen MR) is 161 cm³/mol. The van der Waals surface area contributed by atoms with Gasteiger partial charge < -0.3 is 24.8 Å². The molecule has 3 aromatic heterocycles. The molecule has 1 amide bonds. The fourth-order valence-corrected chi connectivity index (χ4v) is 4.28. The molecule has 40 heavy (non-hydrogen) atoms. The van der Waals surface area contributed by atoms with E-state index in [0.717, 1.165) is 29.6 Å². The van der Waals surface area contributed by atoms with Crippen molar-refractivity contribution in [3.8, 4) is 17.1 Å². The molecule has 3 heterocycles. The number of aromatic nitrogens is 4. The number of ether oxygens (including phenoxy) is 1. The number of carbonyl (C=O) groups excluding carboxylic acids is 1. The number of aryl methyl sites for hydroxylation is 1. The van der Waals surface area contributed by atoms with Gasteiger partial charge in [0.1, 0.15) is 5.69 Å². The zero-order valence-corrected chi connectivity index (χ0v) is 24.5. The summed E-state index contributed by atoms with van der Waals surface area (Å²) in [5.41, 5.74) is 2.81. The van der Waals surface area contributed by atoms with Gasteiger partial charge in [-0.15, -0.1) is 0 Å². The standard InChI is InChI=1S/C29H35ClN8O2/c1-8-25(39)34-23-15-19(16-31-27(23)40-29(2,3)38(7)14-13-36(4)5)33-28-32-17-22(30)26(35-28)21-18-37(6)24-12-10-9-11-20(21)24/h8-12,15-18H,1,13-14H2,2-7H3,(H,34,39)(H,32,33,35). The lowest BCUT2D eigenvalue weighted by Crippen LogP contribution is -2.48. The lowest BCUT2D eigenvalue weighted by atomic mass is 10.1. The maximum absolute atomic E-state index is 12.2. The quantitative estimate of drug-likeness (QED) is 0.191. The summed E-state index contributed by atoms with van der Waals surface area (Å²) in [4.78, 5) is 30.0. The van der Waals surface area contributed by atoms with Crippen LogP contribution in [0.3, 0.4) is 0 Å². The smallest absolute Gasteiger partial charge is 0.247 e. The van der Waals surface area contributed by atoms with E-state index >= 15 is 0 Å². The number of rotatable bonds is 11. The molecule has 0 radical (unpaired) electrons. The van der Waals surface area contributed by atoms with Crippen LogP contribution in [0.1, 0.15) is 13.8 Å². The second-order valence-corrected chi connectivity index (χ2v) is 10.6. The van der Waals surface area contributed by atoms with Gasteiger partial charge in [0, 0.05) is 42.8 Å². The Morgan fingerprint density at radius 1 is 1.18 bits per heavy atom. The molecule has 0 aliphatic heterocycles. The highest BCUT2D eigenvalue weighted by Crippen LogP contribution is 2.35. The molecule has 210 valence electrons. The predicted octanol–water partition coefficient (Wildman–Crippen LogP) is 5.16. The van der Waals surface area contributed by atoms with Crippen LogP contribution in [0, 0.1) is 0 Å². The number of nitrogens with zero attached hydrogens (tertiary/aromatic N) is 6. The van der Waals surface area contributed by atoms with Crippen molar-refractivity contribution in [3.63, 3.8) is 0 Å². The topological polar surface area (TPSA) is 100 Å². The SMILES string of the molecule is C=CC(=O)Nc1cc(Nc2ncc(Cl)c(-c3cn(C)c4ccccc34)n2)cnc1OC(C)(C)N(C)CCN(C)C. The fraction of sp³-hybridized carbons (Fsp3) is 0.310. The molecule has 0 bridgehead atoms. The van der Waals surface area contributed by atoms with E-state index in [1.807, 2.05) is 77.1 Å². The first-order valence-electron chi connectivity index (χ1n) is 12.8. The van der Waals surface area contributed by atoms with Crippen molar-refractivity contribution < 1.29 is 9.53 Å². The van der Waals surface area contributed by atoms with Gasteiger partial charge in [-0.05, 0) is 53.2 Å². The van der Waals surface area contributed by atoms with Crippen molar-refractivity contribution in [2.75, 3.05) is 44.9 Å². The lowest BCUT2D eigenvalue weighted by molar-refractivity contribution is -0.112. The van der Waals surface area contributed by atoms with E-state index in [1.165, 1.54) is 6.08 Å². The van der Waals surface area contributed by atoms with E-state index in [-0.39, 0.29) is 11.8 Å². The van der Waals surface area contributed by atoms with Crippen LogP contribution < -0.4 is 15.4 Å². The first-order chi connectivity index (χ1) is 19.0. The van der Waals surface area contributed by atoms with Gasteiger partial charge in [0.15, 0.2) is 5.72 Å². The Bertz CT molecular complexity index is 1530. The molecule has 0 spiro atoms. The molecule has 10 nitrogen and oxygen atoms in total. The summed E-state index contributed by atoms with van der Waals surface area (Å²) in [6.07, 6.45) is 6.35. The van der Waals surface area contributed by atoms with Gasteiger partial charge in [0.25, 0.3) is 0 Å². The van der Waals surface area contributed by atoms with Gasteiger partial charge >= 0.3 is 0 Å². The maximum Gasteiger partial charge on any atom is 0.247 e. The minimum atomic E-state index is -0.696. The van der Waals surface area contributed by atoms with E-state index in [0.29, 0.717) is 28.0 Å². The number of anilines is 3. The van der Waals surface area contributed by atoms with E-state index in [4.69, 9.17) is 21.3 Å². The monoisotopic (exact) mass is 562 g/mol. The van der Waals surface area contributed by atoms with Gasteiger partial charge in [-0.2, -0.15) is 0 Å². The van der Waals surface area contributed by atoms with Crippen LogP contribution in [-0.4, -0.2) is 75.2 Å². The molecule has 0 unspecified atom stereocenters. The third kappa shape index (κ3) is 6.59. The first-order valence-corrected chi connectivity index (χ1v) is 13.2. The normalized spacial score (nSPS) is 11.7. The summed E-state index contributed by atoms with van der Waals surface area (Å²) >= 11 is 6.53. The minimum Gasteiger partial charge on any atom is -0.455 e. The Kier molecular flexibility index (Phi) is 8.73. The third-order valence-corrected chi connectivity index (χ3v) is 6.87. The number of carbonyl (C=O) groups is 1. The molecule has 11 heteroatoms. The van der Waals surface area contributed by atoms with Gasteiger partial charge in [0.2, 0.25) is 17.7 Å². The number of hydrogen-bond acceptors (Lipinski definition) is 8. The van der Waals surface area contributed by atoms with E-state index in [1.54, 1.807) is 18.5 Å². The molecular formula is C29H35ClN8O2. The van der Waals surface area contributed by atoms with Gasteiger partial charge in [0.05, 0.1) is 28.8 Å². The second-order valence-electron chi connectivity index (χ2n) is 10.2. The zero-order chi connectivity index (χ0) is 29.0. The summed E-state index contributed by atoms with van der Waals surface area (Å²) in [7, 11) is 8.00. The fourth-order valence-electron chi connectivity index (χ4n) is 4.08. The van der Waals surface area contributed by atoms with Crippen LogP contribution >= 0.6 is 11.6 Å². The van der Waals surface area contributed by atoms with Crippen molar-refractivity contribution in [2.24, 2.45) is 7.05 Å². The number of likely N-dealkylation sites (N-methyl/N-ethyl adjacent to an activating group) is 2. The number of hydrogen-bond donors (Lipinski definition) is 2. The average molecular weight is 563 g/mol. The highest BCUT2D eigenvalue weighted by atomic mass is 35.5. The van der Waals surface area contributed by atoms with Gasteiger partial charge in [-0.1, -0.05) is 36.4 Å². The molecule has 4 aromatic rings. The summed E-state index contributed by atoms with van der Waals surface area (Å²) in [6.45, 7) is 9.10. The molecule has 0 aliphatic rings. The van der Waals surface area contributed by atoms with Gasteiger partial charge in [-0.25, -0.2) is 15.0 Å².